The van der Waals surface area contributed by atoms with E-state index in [9.17, 15) is 19.2 Å². The molecule has 15 aromatic rings. The number of para-hydroxylation sites is 6. The van der Waals surface area contributed by atoms with Gasteiger partial charge in [0, 0.05) is 138 Å². The minimum atomic E-state index is -0.518. The zero-order chi connectivity index (χ0) is 63.2. The van der Waals surface area contributed by atoms with Crippen molar-refractivity contribution in [2.45, 2.75) is 85.1 Å². The summed E-state index contributed by atoms with van der Waals surface area (Å²) in [6.45, 7) is 0. The first kappa shape index (κ1) is 64.1. The first-order valence-electron chi connectivity index (χ1n) is 32.4. The molecule has 1 amide bonds. The number of nitrogens with zero attached hydrogens (tertiary/aromatic N) is 1. The van der Waals surface area contributed by atoms with Gasteiger partial charge in [-0.25, -0.2) is 0 Å². The quantitative estimate of drug-likeness (QED) is 0.0501. The van der Waals surface area contributed by atoms with Gasteiger partial charge in [-0.3, -0.25) is 19.4 Å². The Kier molecular flexibility index (Phi) is 18.1. The number of carbonyl (C=O) groups excluding carboxylic acids is 4. The molecular formula is C85H78N8O4. The maximum absolute atomic E-state index is 13.1. The molecule has 4 aliphatic rings. The topological polar surface area (TPSA) is 188 Å². The summed E-state index contributed by atoms with van der Waals surface area (Å²) in [4.78, 5) is 74.4. The van der Waals surface area contributed by atoms with E-state index in [-0.39, 0.29) is 39.8 Å². The normalized spacial score (nSPS) is 15.3. The fourth-order valence-electron chi connectivity index (χ4n) is 14.7. The third-order valence-corrected chi connectivity index (χ3v) is 19.4. The zero-order valence-corrected chi connectivity index (χ0v) is 51.5. The number of aromatic amines is 6. The van der Waals surface area contributed by atoms with Crippen LogP contribution in [-0.4, -0.2) is 64.7 Å². The van der Waals surface area contributed by atoms with Gasteiger partial charge in [0.05, 0.1) is 11.6 Å². The van der Waals surface area contributed by atoms with Gasteiger partial charge in [-0.15, -0.1) is 0 Å². The summed E-state index contributed by atoms with van der Waals surface area (Å²) < 4.78 is 0. The van der Waals surface area contributed by atoms with Crippen LogP contribution in [0.2, 0.25) is 0 Å². The van der Waals surface area contributed by atoms with E-state index in [0.29, 0.717) is 36.4 Å². The van der Waals surface area contributed by atoms with Crippen LogP contribution < -0.4 is 5.32 Å². The van der Waals surface area contributed by atoms with Crippen LogP contribution in [0, 0.1) is 5.92 Å². The SMILES string of the molecule is C.C.C.C1=C(C(c2c[nH]c3ccccc23)C2CC2)c2ccccc2C1.O=C(CC1=CCc2ccccc21)Cc1c[nH]c2ccccc12.O=C(c1c[nH]c2ccccc12)c1nccc2c1[nH]c1ccccc12.O=C[C@@H]1Cc2c([nH]c3ccccc23)[C@@H](c2c[nH]c3ccccc23)C(=O)N1. The second kappa shape index (κ2) is 27.4. The maximum Gasteiger partial charge on any atom is 0.234 e. The standard InChI is InChI=1S/C21H17N3O2.C21H19N.C20H13N3O.C20H17NO.3CH4/c25-11-12-9-15-13-5-2-4-8-18(13)24-20(15)19(21(26)23-12)16-10-22-17-7-3-1-6-14(16)17;1-2-6-16-14(5-1)11-12-18(16)21(15-9-10-15)19-13-22-20-8-4-3-7-17(19)20;24-20(15-11-22-16-7-3-1-6-13(15)16)19-18-14(9-10-21-19)12-5-2-4-8-17(12)23-18;22-17(11-15-10-9-14-5-1-2-6-18(14)15)12-16-13-21-20-8-4-3-7-19(16)20;;;/h1-8,10-12,19,22,24H,9H2,(H,23,26);1-8,12-13,15,21-22H,9-11H2;1-11,22-23H;1-8,10,13,21H,9,11-12H2;3*1H4/t12-,19+;;;;;;/m0....../s1. The Hall–Kier alpha value is -11.6. The third-order valence-electron chi connectivity index (χ3n) is 19.4. The van der Waals surface area contributed by atoms with Gasteiger partial charge in [-0.1, -0.05) is 192 Å². The number of H-pyrrole nitrogens is 6. The molecule has 8 aromatic carbocycles. The largest absolute Gasteiger partial charge is 0.361 e. The number of aromatic nitrogens is 7. The van der Waals surface area contributed by atoms with Crippen molar-refractivity contribution in [3.63, 3.8) is 0 Å². The first-order chi connectivity index (χ1) is 46.3. The van der Waals surface area contributed by atoms with Gasteiger partial charge in [0.25, 0.3) is 0 Å². The van der Waals surface area contributed by atoms with Gasteiger partial charge >= 0.3 is 0 Å². The number of Topliss-reactive ketones (excluding diaryl/α,β-unsaturated/α-hetero) is 1. The number of carbonyl (C=O) groups is 4. The van der Waals surface area contributed by atoms with E-state index in [0.717, 1.165) is 113 Å². The number of rotatable bonds is 11. The van der Waals surface area contributed by atoms with Crippen molar-refractivity contribution >= 4 is 111 Å². The fraction of sp³-hybridized carbons (Fsp3) is 0.165. The molecule has 7 aromatic heterocycles. The monoisotopic (exact) mass is 1270 g/mol. The van der Waals surface area contributed by atoms with Crippen LogP contribution in [0.1, 0.15) is 120 Å². The molecule has 12 heteroatoms. The van der Waals surface area contributed by atoms with Crippen LogP contribution in [-0.2, 0) is 40.1 Å². The van der Waals surface area contributed by atoms with Crippen molar-refractivity contribution in [3.05, 3.63) is 305 Å². The highest BCUT2D eigenvalue weighted by molar-refractivity contribution is 6.22. The summed E-state index contributed by atoms with van der Waals surface area (Å²) in [5.41, 5.74) is 21.8. The molecule has 0 radical (unpaired) electrons. The number of aldehydes is 1. The van der Waals surface area contributed by atoms with Crippen LogP contribution in [0.4, 0.5) is 0 Å². The van der Waals surface area contributed by atoms with Crippen molar-refractivity contribution in [1.82, 2.24) is 40.2 Å². The van der Waals surface area contributed by atoms with Gasteiger partial charge in [0.1, 0.15) is 23.7 Å². The first-order valence-corrected chi connectivity index (χ1v) is 32.4. The lowest BCUT2D eigenvalue weighted by atomic mass is 9.84. The Bertz CT molecular complexity index is 5500. The van der Waals surface area contributed by atoms with Crippen molar-refractivity contribution in [1.29, 1.82) is 0 Å². The number of hydrogen-bond donors (Lipinski definition) is 7. The second-order valence-corrected chi connectivity index (χ2v) is 25.0. The van der Waals surface area contributed by atoms with Crippen molar-refractivity contribution in [2.24, 2.45) is 5.92 Å². The van der Waals surface area contributed by atoms with E-state index >= 15 is 0 Å². The molecular weight excluding hydrogens is 1200 g/mol. The van der Waals surface area contributed by atoms with Crippen LogP contribution in [0.15, 0.2) is 243 Å². The molecule has 97 heavy (non-hydrogen) atoms. The lowest BCUT2D eigenvalue weighted by Gasteiger charge is -2.19. The number of benzene rings is 8. The number of nitrogens with one attached hydrogen (secondary N) is 7. The van der Waals surface area contributed by atoms with Crippen molar-refractivity contribution in [3.8, 4) is 0 Å². The van der Waals surface area contributed by atoms with Gasteiger partial charge in [0.2, 0.25) is 11.7 Å². The number of hydrogen-bond acceptors (Lipinski definition) is 5. The summed E-state index contributed by atoms with van der Waals surface area (Å²) >= 11 is 0. The van der Waals surface area contributed by atoms with Crippen LogP contribution in [0.5, 0.6) is 0 Å². The summed E-state index contributed by atoms with van der Waals surface area (Å²) in [6.07, 6.45) is 21.3. The summed E-state index contributed by atoms with van der Waals surface area (Å²) in [7, 11) is 0. The molecule has 3 aliphatic carbocycles. The average molecular weight is 1280 g/mol. The van der Waals surface area contributed by atoms with Crippen LogP contribution in [0.25, 0.3) is 87.5 Å². The van der Waals surface area contributed by atoms with Crippen LogP contribution >= 0.6 is 0 Å². The van der Waals surface area contributed by atoms with E-state index in [4.69, 9.17) is 0 Å². The molecule has 0 saturated heterocycles. The van der Waals surface area contributed by atoms with Crippen molar-refractivity contribution < 1.29 is 19.2 Å². The molecule has 1 fully saturated rings. The van der Waals surface area contributed by atoms with Gasteiger partial charge in [-0.05, 0) is 130 Å². The highest BCUT2D eigenvalue weighted by Gasteiger charge is 2.38. The summed E-state index contributed by atoms with van der Waals surface area (Å²) in [5.74, 6) is 0.921. The van der Waals surface area contributed by atoms with Crippen molar-refractivity contribution in [2.75, 3.05) is 0 Å². The molecule has 482 valence electrons. The predicted octanol–water partition coefficient (Wildman–Crippen LogP) is 19.0. The fourth-order valence-corrected chi connectivity index (χ4v) is 14.7. The Morgan fingerprint density at radius 1 is 0.515 bits per heavy atom. The van der Waals surface area contributed by atoms with E-state index < -0.39 is 12.0 Å². The lowest BCUT2D eigenvalue weighted by Crippen LogP contribution is -2.38. The highest BCUT2D eigenvalue weighted by atomic mass is 16.2. The molecule has 1 unspecified atom stereocenters. The summed E-state index contributed by atoms with van der Waals surface area (Å²) in [5, 5.41) is 10.5. The zero-order valence-electron chi connectivity index (χ0n) is 51.5. The minimum Gasteiger partial charge on any atom is -0.361 e. The number of amides is 1. The van der Waals surface area contributed by atoms with Gasteiger partial charge in [0.15, 0.2) is 0 Å². The second-order valence-electron chi connectivity index (χ2n) is 25.0. The van der Waals surface area contributed by atoms with E-state index in [2.05, 4.69) is 131 Å². The molecule has 0 bridgehead atoms. The van der Waals surface area contributed by atoms with Gasteiger partial charge in [-0.2, -0.15) is 0 Å². The summed E-state index contributed by atoms with van der Waals surface area (Å²) in [6, 6.07) is 67.3. The third kappa shape index (κ3) is 12.1. The molecule has 0 spiro atoms. The maximum atomic E-state index is 13.1. The Labute approximate surface area is 563 Å². The van der Waals surface area contributed by atoms with E-state index in [1.165, 1.54) is 57.1 Å². The molecule has 1 saturated carbocycles. The number of ketones is 2. The number of allylic oxidation sites excluding steroid dienone is 4. The lowest BCUT2D eigenvalue weighted by molar-refractivity contribution is -0.124. The highest BCUT2D eigenvalue weighted by Crippen LogP contribution is 2.53. The Morgan fingerprint density at radius 3 is 1.78 bits per heavy atom. The molecule has 3 atom stereocenters. The average Bonchev–Trinajstić information content (AvgIpc) is 1.62. The smallest absolute Gasteiger partial charge is 0.234 e. The molecule has 7 N–H and O–H groups in total. The molecule has 19 rings (SSSR count). The number of pyridine rings is 1. The molecule has 8 heterocycles. The van der Waals surface area contributed by atoms with E-state index in [1.807, 2.05) is 140 Å². The number of fused-ring (bicyclic) bond motifs is 12. The molecule has 1 aliphatic heterocycles. The Balaban J connectivity index is 0.000000116. The molecule has 12 nitrogen and oxygen atoms in total. The predicted molar refractivity (Wildman–Crippen MR) is 397 cm³/mol. The van der Waals surface area contributed by atoms with Crippen LogP contribution in [0.3, 0.4) is 0 Å². The Morgan fingerprint density at radius 2 is 1.06 bits per heavy atom. The minimum absolute atomic E-state index is 0. The van der Waals surface area contributed by atoms with Gasteiger partial charge < -0.3 is 40.0 Å². The van der Waals surface area contributed by atoms with E-state index in [1.54, 1.807) is 18.0 Å².